The molecular weight excluding hydrogens is 280 g/mol. The van der Waals surface area contributed by atoms with E-state index >= 15 is 0 Å². The Bertz CT molecular complexity index is 523. The third-order valence-corrected chi connectivity index (χ3v) is 6.04. The molecule has 3 nitrogen and oxygen atoms in total. The lowest BCUT2D eigenvalue weighted by atomic mass is 9.82. The van der Waals surface area contributed by atoms with Crippen LogP contribution in [0.1, 0.15) is 42.1 Å². The average molecular weight is 304 g/mol. The quantitative estimate of drug-likeness (QED) is 0.928. The summed E-state index contributed by atoms with van der Waals surface area (Å²) in [7, 11) is 0. The highest BCUT2D eigenvalue weighted by Crippen LogP contribution is 2.39. The third kappa shape index (κ3) is 2.84. The molecular formula is C17H24N2OS. The number of piperidine rings is 1. The average Bonchev–Trinajstić information content (AvgIpc) is 2.80. The summed E-state index contributed by atoms with van der Waals surface area (Å²) in [5.41, 5.74) is 1.99. The van der Waals surface area contributed by atoms with Crippen molar-refractivity contribution in [1.82, 2.24) is 10.2 Å². The molecule has 1 spiro atoms. The zero-order valence-corrected chi connectivity index (χ0v) is 13.7. The van der Waals surface area contributed by atoms with Crippen LogP contribution in [0.2, 0.25) is 0 Å². The van der Waals surface area contributed by atoms with E-state index in [1.165, 1.54) is 18.5 Å². The number of amides is 1. The summed E-state index contributed by atoms with van der Waals surface area (Å²) in [5, 5.41) is 3.99. The lowest BCUT2D eigenvalue weighted by Crippen LogP contribution is -2.49. The van der Waals surface area contributed by atoms with Crippen molar-refractivity contribution >= 4 is 17.7 Å². The van der Waals surface area contributed by atoms with Gasteiger partial charge in [-0.1, -0.05) is 25.1 Å². The maximum Gasteiger partial charge on any atom is 0.252 e. The number of carbonyl (C=O) groups excluding carboxylic acids is 1. The molecule has 1 N–H and O–H groups in total. The summed E-state index contributed by atoms with van der Waals surface area (Å²) in [4.78, 5) is 14.7. The highest BCUT2D eigenvalue weighted by molar-refractivity contribution is 7.99. The van der Waals surface area contributed by atoms with Gasteiger partial charge in [-0.2, -0.15) is 11.8 Å². The van der Waals surface area contributed by atoms with E-state index in [0.29, 0.717) is 0 Å². The monoisotopic (exact) mass is 304 g/mol. The summed E-state index contributed by atoms with van der Waals surface area (Å²) in [6.45, 7) is 5.63. The number of nitrogens with zero attached hydrogens (tertiary/aromatic N) is 1. The Labute approximate surface area is 131 Å². The number of rotatable bonds is 4. The minimum absolute atomic E-state index is 0.102. The predicted octanol–water partition coefficient (Wildman–Crippen LogP) is 2.86. The van der Waals surface area contributed by atoms with Crippen molar-refractivity contribution in [2.24, 2.45) is 0 Å². The number of fused-ring (bicyclic) bond motifs is 2. The van der Waals surface area contributed by atoms with E-state index in [4.69, 9.17) is 0 Å². The third-order valence-electron chi connectivity index (χ3n) is 5.00. The molecule has 21 heavy (non-hydrogen) atoms. The van der Waals surface area contributed by atoms with Crippen molar-refractivity contribution in [1.29, 1.82) is 0 Å². The van der Waals surface area contributed by atoms with Gasteiger partial charge in [0, 0.05) is 23.9 Å². The van der Waals surface area contributed by atoms with Gasteiger partial charge in [-0.3, -0.25) is 4.79 Å². The molecule has 0 aromatic heterocycles. The molecule has 3 rings (SSSR count). The Balaban J connectivity index is 1.65. The van der Waals surface area contributed by atoms with Crippen LogP contribution in [-0.4, -0.2) is 41.9 Å². The summed E-state index contributed by atoms with van der Waals surface area (Å²) in [6.07, 6.45) is 5.49. The number of hydrogen-bond donors (Lipinski definition) is 1. The Kier molecular flexibility index (Phi) is 4.27. The highest BCUT2D eigenvalue weighted by Gasteiger charge is 2.44. The van der Waals surface area contributed by atoms with E-state index in [1.807, 2.05) is 30.0 Å². The molecule has 114 valence electrons. The molecule has 1 unspecified atom stereocenters. The second-order valence-corrected chi connectivity index (χ2v) is 7.53. The molecule has 1 atom stereocenters. The maximum absolute atomic E-state index is 12.1. The molecule has 2 heterocycles. The van der Waals surface area contributed by atoms with Crippen LogP contribution in [0, 0.1) is 0 Å². The van der Waals surface area contributed by atoms with Crippen molar-refractivity contribution in [2.45, 2.75) is 37.0 Å². The smallest absolute Gasteiger partial charge is 0.252 e. The Morgan fingerprint density at radius 2 is 2.05 bits per heavy atom. The second kappa shape index (κ2) is 6.01. The number of benzene rings is 1. The molecule has 1 saturated heterocycles. The van der Waals surface area contributed by atoms with Gasteiger partial charge in [-0.05, 0) is 43.7 Å². The first-order valence-corrected chi connectivity index (χ1v) is 9.10. The molecule has 0 bridgehead atoms. The zero-order valence-electron chi connectivity index (χ0n) is 12.9. The van der Waals surface area contributed by atoms with Gasteiger partial charge in [0.05, 0.1) is 5.54 Å². The lowest BCUT2D eigenvalue weighted by Gasteiger charge is -2.40. The summed E-state index contributed by atoms with van der Waals surface area (Å²) < 4.78 is 0. The number of thioether (sulfide) groups is 1. The van der Waals surface area contributed by atoms with Crippen LogP contribution in [0.4, 0.5) is 0 Å². The molecule has 1 aromatic carbocycles. The van der Waals surface area contributed by atoms with Gasteiger partial charge < -0.3 is 10.2 Å². The lowest BCUT2D eigenvalue weighted by molar-refractivity contribution is 0.0862. The van der Waals surface area contributed by atoms with Gasteiger partial charge in [0.2, 0.25) is 0 Å². The Morgan fingerprint density at radius 3 is 2.76 bits per heavy atom. The van der Waals surface area contributed by atoms with Gasteiger partial charge in [0.15, 0.2) is 0 Å². The standard InChI is InChI=1S/C17H24N2OS/c1-13(21-2)7-10-19-11-8-17(9-12-19)15-6-4-3-5-14(15)16(20)18-17/h3-6,13H,7-12H2,1-2H3,(H,18,20). The topological polar surface area (TPSA) is 32.3 Å². The molecule has 1 aromatic rings. The SMILES string of the molecule is CSC(C)CCN1CCC2(CC1)NC(=O)c1ccccc12. The Morgan fingerprint density at radius 1 is 1.33 bits per heavy atom. The van der Waals surface area contributed by atoms with Crippen molar-refractivity contribution in [3.8, 4) is 0 Å². The summed E-state index contributed by atoms with van der Waals surface area (Å²) in [6, 6.07) is 8.08. The number of nitrogens with one attached hydrogen (secondary N) is 1. The Hall–Kier alpha value is -1.00. The van der Waals surface area contributed by atoms with E-state index in [0.717, 1.165) is 36.7 Å². The van der Waals surface area contributed by atoms with Crippen LogP contribution in [0.25, 0.3) is 0 Å². The van der Waals surface area contributed by atoms with Crippen LogP contribution >= 0.6 is 11.8 Å². The van der Waals surface area contributed by atoms with Gasteiger partial charge in [0.25, 0.3) is 5.91 Å². The molecule has 1 amide bonds. The molecule has 1 fully saturated rings. The first-order chi connectivity index (χ1) is 10.1. The zero-order chi connectivity index (χ0) is 14.9. The van der Waals surface area contributed by atoms with Gasteiger partial charge in [0.1, 0.15) is 0 Å². The van der Waals surface area contributed by atoms with Crippen LogP contribution < -0.4 is 5.32 Å². The minimum Gasteiger partial charge on any atom is -0.342 e. The van der Waals surface area contributed by atoms with Crippen LogP contribution in [0.15, 0.2) is 24.3 Å². The minimum atomic E-state index is -0.102. The van der Waals surface area contributed by atoms with Gasteiger partial charge >= 0.3 is 0 Å². The highest BCUT2D eigenvalue weighted by atomic mass is 32.2. The van der Waals surface area contributed by atoms with E-state index in [9.17, 15) is 4.79 Å². The largest absolute Gasteiger partial charge is 0.342 e. The second-order valence-electron chi connectivity index (χ2n) is 6.26. The fourth-order valence-corrected chi connectivity index (χ4v) is 3.83. The molecule has 2 aliphatic rings. The molecule has 0 aliphatic carbocycles. The molecule has 4 heteroatoms. The van der Waals surface area contributed by atoms with Crippen LogP contribution in [-0.2, 0) is 5.54 Å². The van der Waals surface area contributed by atoms with Crippen molar-refractivity contribution in [3.05, 3.63) is 35.4 Å². The van der Waals surface area contributed by atoms with Gasteiger partial charge in [-0.15, -0.1) is 0 Å². The summed E-state index contributed by atoms with van der Waals surface area (Å²) >= 11 is 1.94. The van der Waals surface area contributed by atoms with Crippen molar-refractivity contribution < 1.29 is 4.79 Å². The van der Waals surface area contributed by atoms with E-state index in [1.54, 1.807) is 0 Å². The first-order valence-electron chi connectivity index (χ1n) is 7.82. The van der Waals surface area contributed by atoms with E-state index in [2.05, 4.69) is 29.5 Å². The number of carbonyl (C=O) groups is 1. The fourth-order valence-electron chi connectivity index (χ4n) is 3.49. The van der Waals surface area contributed by atoms with Crippen molar-refractivity contribution in [2.75, 3.05) is 25.9 Å². The maximum atomic E-state index is 12.1. The summed E-state index contributed by atoms with van der Waals surface area (Å²) in [5.74, 6) is 0.107. The van der Waals surface area contributed by atoms with Gasteiger partial charge in [-0.25, -0.2) is 0 Å². The molecule has 0 saturated carbocycles. The van der Waals surface area contributed by atoms with Crippen molar-refractivity contribution in [3.63, 3.8) is 0 Å². The number of hydrogen-bond acceptors (Lipinski definition) is 3. The van der Waals surface area contributed by atoms with Crippen LogP contribution in [0.5, 0.6) is 0 Å². The first kappa shape index (κ1) is 14.9. The predicted molar refractivity (Wildman–Crippen MR) is 88.9 cm³/mol. The molecule has 2 aliphatic heterocycles. The van der Waals surface area contributed by atoms with Crippen LogP contribution in [0.3, 0.4) is 0 Å². The van der Waals surface area contributed by atoms with E-state index < -0.39 is 0 Å². The number of likely N-dealkylation sites (tertiary alicyclic amines) is 1. The fraction of sp³-hybridized carbons (Fsp3) is 0.588. The molecule has 0 radical (unpaired) electrons. The van der Waals surface area contributed by atoms with E-state index in [-0.39, 0.29) is 11.4 Å². The normalized spacial score (nSPS) is 22.1.